The van der Waals surface area contributed by atoms with Crippen molar-refractivity contribution in [1.29, 1.82) is 0 Å². The fourth-order valence-corrected chi connectivity index (χ4v) is 2.08. The summed E-state index contributed by atoms with van der Waals surface area (Å²) in [6, 6.07) is 16.5. The number of amides is 2. The van der Waals surface area contributed by atoms with Gasteiger partial charge in [-0.25, -0.2) is 9.78 Å². The molecular formula is C18H17N5O. The van der Waals surface area contributed by atoms with Crippen LogP contribution in [0.2, 0.25) is 0 Å². The van der Waals surface area contributed by atoms with Crippen molar-refractivity contribution in [2.45, 2.75) is 6.54 Å². The molecule has 1 aromatic carbocycles. The molecule has 2 heterocycles. The van der Waals surface area contributed by atoms with Gasteiger partial charge < -0.3 is 16.0 Å². The fraction of sp³-hybridized carbons (Fsp3) is 0.0556. The number of aromatic nitrogens is 2. The summed E-state index contributed by atoms with van der Waals surface area (Å²) < 4.78 is 0. The van der Waals surface area contributed by atoms with Crippen LogP contribution in [0, 0.1) is 0 Å². The van der Waals surface area contributed by atoms with E-state index in [9.17, 15) is 4.79 Å². The topological polar surface area (TPSA) is 78.9 Å². The maximum absolute atomic E-state index is 11.9. The van der Waals surface area contributed by atoms with Gasteiger partial charge in [0.25, 0.3) is 0 Å². The highest BCUT2D eigenvalue weighted by Gasteiger charge is 2.03. The third-order valence-corrected chi connectivity index (χ3v) is 3.28. The largest absolute Gasteiger partial charge is 0.366 e. The maximum atomic E-state index is 11.9. The van der Waals surface area contributed by atoms with E-state index in [-0.39, 0.29) is 6.03 Å². The lowest BCUT2D eigenvalue weighted by molar-refractivity contribution is 0.262. The van der Waals surface area contributed by atoms with E-state index in [2.05, 4.69) is 25.9 Å². The summed E-state index contributed by atoms with van der Waals surface area (Å²) in [6.45, 7) is 0.663. The Morgan fingerprint density at radius 1 is 0.875 bits per heavy atom. The number of carbonyl (C=O) groups is 1. The molecule has 0 bridgehead atoms. The molecule has 24 heavy (non-hydrogen) atoms. The van der Waals surface area contributed by atoms with Crippen LogP contribution in [-0.2, 0) is 6.54 Å². The molecule has 6 nitrogen and oxygen atoms in total. The molecule has 3 rings (SSSR count). The highest BCUT2D eigenvalue weighted by molar-refractivity contribution is 5.99. The van der Waals surface area contributed by atoms with E-state index >= 15 is 0 Å². The molecule has 3 N–H and O–H groups in total. The molecular weight excluding hydrogens is 302 g/mol. The van der Waals surface area contributed by atoms with Crippen LogP contribution in [0.3, 0.4) is 0 Å². The molecule has 2 aromatic heterocycles. The molecule has 0 aliphatic rings. The molecule has 0 aliphatic carbocycles. The molecule has 0 atom stereocenters. The minimum atomic E-state index is -0.305. The summed E-state index contributed by atoms with van der Waals surface area (Å²) in [5.41, 5.74) is 2.48. The number of hydrogen-bond acceptors (Lipinski definition) is 4. The van der Waals surface area contributed by atoms with Crippen LogP contribution in [0.5, 0.6) is 0 Å². The number of nitrogens with zero attached hydrogens (tertiary/aromatic N) is 2. The molecule has 0 aliphatic heterocycles. The van der Waals surface area contributed by atoms with Gasteiger partial charge in [0.2, 0.25) is 0 Å². The highest BCUT2D eigenvalue weighted by atomic mass is 16.2. The first-order valence-corrected chi connectivity index (χ1v) is 7.51. The van der Waals surface area contributed by atoms with Crippen molar-refractivity contribution in [3.8, 4) is 0 Å². The second-order valence-corrected chi connectivity index (χ2v) is 5.09. The van der Waals surface area contributed by atoms with Crippen LogP contribution in [0.25, 0.3) is 0 Å². The van der Waals surface area contributed by atoms with Gasteiger partial charge in [0.15, 0.2) is 0 Å². The molecule has 0 unspecified atom stereocenters. The summed E-state index contributed by atoms with van der Waals surface area (Å²) >= 11 is 0. The first kappa shape index (κ1) is 15.5. The zero-order valence-corrected chi connectivity index (χ0v) is 12.9. The Morgan fingerprint density at radius 2 is 1.62 bits per heavy atom. The van der Waals surface area contributed by atoms with E-state index in [1.54, 1.807) is 24.7 Å². The van der Waals surface area contributed by atoms with Crippen molar-refractivity contribution in [3.05, 3.63) is 78.8 Å². The van der Waals surface area contributed by atoms with Gasteiger partial charge in [0.1, 0.15) is 5.82 Å². The van der Waals surface area contributed by atoms with Crippen LogP contribution in [0.4, 0.5) is 22.0 Å². The monoisotopic (exact) mass is 319 g/mol. The summed E-state index contributed by atoms with van der Waals surface area (Å²) in [5.74, 6) is 0.737. The molecule has 2 amide bonds. The van der Waals surface area contributed by atoms with Crippen molar-refractivity contribution in [3.63, 3.8) is 0 Å². The first-order valence-electron chi connectivity index (χ1n) is 7.51. The van der Waals surface area contributed by atoms with Gasteiger partial charge in [-0.05, 0) is 42.0 Å². The minimum absolute atomic E-state index is 0.305. The maximum Gasteiger partial charge on any atom is 0.323 e. The average Bonchev–Trinajstić information content (AvgIpc) is 2.63. The fourth-order valence-electron chi connectivity index (χ4n) is 2.08. The predicted octanol–water partition coefficient (Wildman–Crippen LogP) is 3.73. The first-order chi connectivity index (χ1) is 11.8. The lowest BCUT2D eigenvalue weighted by Crippen LogP contribution is -2.19. The second-order valence-electron chi connectivity index (χ2n) is 5.09. The van der Waals surface area contributed by atoms with Crippen molar-refractivity contribution in [2.24, 2.45) is 0 Å². The molecule has 3 aromatic rings. The van der Waals surface area contributed by atoms with Crippen molar-refractivity contribution >= 4 is 23.2 Å². The summed E-state index contributed by atoms with van der Waals surface area (Å²) in [6.07, 6.45) is 5.12. The molecule has 0 saturated carbocycles. The normalized spacial score (nSPS) is 10.0. The molecule has 0 fully saturated rings. The third-order valence-electron chi connectivity index (χ3n) is 3.28. The van der Waals surface area contributed by atoms with Crippen LogP contribution in [0.15, 0.2) is 73.2 Å². The van der Waals surface area contributed by atoms with E-state index in [1.807, 2.05) is 48.5 Å². The molecule has 0 saturated heterocycles. The van der Waals surface area contributed by atoms with Crippen molar-refractivity contribution in [2.75, 3.05) is 16.0 Å². The van der Waals surface area contributed by atoms with Crippen LogP contribution in [0.1, 0.15) is 5.56 Å². The van der Waals surface area contributed by atoms with E-state index in [1.165, 1.54) is 0 Å². The van der Waals surface area contributed by atoms with E-state index in [0.29, 0.717) is 12.2 Å². The number of benzene rings is 1. The number of hydrogen-bond donors (Lipinski definition) is 3. The van der Waals surface area contributed by atoms with E-state index < -0.39 is 0 Å². The Kier molecular flexibility index (Phi) is 4.99. The predicted molar refractivity (Wildman–Crippen MR) is 94.9 cm³/mol. The molecule has 0 radical (unpaired) electrons. The van der Waals surface area contributed by atoms with E-state index in [4.69, 9.17) is 0 Å². The van der Waals surface area contributed by atoms with Gasteiger partial charge in [0.05, 0.1) is 11.9 Å². The molecule has 120 valence electrons. The number of pyridine rings is 2. The van der Waals surface area contributed by atoms with Crippen molar-refractivity contribution < 1.29 is 4.79 Å². The van der Waals surface area contributed by atoms with E-state index in [0.717, 1.165) is 17.1 Å². The zero-order valence-electron chi connectivity index (χ0n) is 12.9. The third kappa shape index (κ3) is 4.54. The number of urea groups is 1. The Hall–Kier alpha value is -3.41. The molecule has 6 heteroatoms. The van der Waals surface area contributed by atoms with Gasteiger partial charge in [-0.1, -0.05) is 18.2 Å². The smallest absolute Gasteiger partial charge is 0.323 e. The number of para-hydroxylation sites is 1. The number of rotatable bonds is 5. The minimum Gasteiger partial charge on any atom is -0.366 e. The Labute approximate surface area is 140 Å². The highest BCUT2D eigenvalue weighted by Crippen LogP contribution is 2.12. The number of anilines is 3. The standard InChI is InChI=1S/C18H17N5O/c24-18(22-15-4-2-1-3-5-15)23-16-6-7-17(21-13-16)20-12-14-8-10-19-11-9-14/h1-11,13H,12H2,(H,20,21)(H2,22,23,24). The van der Waals surface area contributed by atoms with Crippen LogP contribution < -0.4 is 16.0 Å². The zero-order chi connectivity index (χ0) is 16.6. The second kappa shape index (κ2) is 7.73. The summed E-state index contributed by atoms with van der Waals surface area (Å²) in [7, 11) is 0. The molecule has 0 spiro atoms. The summed E-state index contributed by atoms with van der Waals surface area (Å²) in [4.78, 5) is 20.2. The lowest BCUT2D eigenvalue weighted by Gasteiger charge is -2.09. The number of carbonyl (C=O) groups excluding carboxylic acids is 1. The average molecular weight is 319 g/mol. The summed E-state index contributed by atoms with van der Waals surface area (Å²) in [5, 5.41) is 8.71. The number of nitrogens with one attached hydrogen (secondary N) is 3. The van der Waals surface area contributed by atoms with Gasteiger partial charge in [-0.3, -0.25) is 4.98 Å². The Balaban J connectivity index is 1.51. The Bertz CT molecular complexity index is 776. The SMILES string of the molecule is O=C(Nc1ccccc1)Nc1ccc(NCc2ccncc2)nc1. The van der Waals surface area contributed by atoms with Gasteiger partial charge in [-0.2, -0.15) is 0 Å². The van der Waals surface area contributed by atoms with Crippen LogP contribution >= 0.6 is 0 Å². The van der Waals surface area contributed by atoms with Crippen LogP contribution in [-0.4, -0.2) is 16.0 Å². The van der Waals surface area contributed by atoms with Crippen molar-refractivity contribution in [1.82, 2.24) is 9.97 Å². The van der Waals surface area contributed by atoms with Gasteiger partial charge in [0, 0.05) is 24.6 Å². The van der Waals surface area contributed by atoms with Gasteiger partial charge >= 0.3 is 6.03 Å². The lowest BCUT2D eigenvalue weighted by atomic mass is 10.3. The van der Waals surface area contributed by atoms with Gasteiger partial charge in [-0.15, -0.1) is 0 Å². The quantitative estimate of drug-likeness (QED) is 0.669. The Morgan fingerprint density at radius 3 is 2.33 bits per heavy atom.